The predicted molar refractivity (Wildman–Crippen MR) is 127 cm³/mol. The quantitative estimate of drug-likeness (QED) is 0.679. The number of halogens is 1. The van der Waals surface area contributed by atoms with Crippen LogP contribution in [0.1, 0.15) is 86.4 Å². The van der Waals surface area contributed by atoms with E-state index in [0.717, 1.165) is 32.1 Å². The second-order valence-corrected chi connectivity index (χ2v) is 9.55. The minimum atomic E-state index is -0.542. The first-order valence-electron chi connectivity index (χ1n) is 12.3. The maximum Gasteiger partial charge on any atom is 0.261 e. The van der Waals surface area contributed by atoms with Gasteiger partial charge < -0.3 is 10.2 Å². The molecular formula is C27H28FN3O4. The van der Waals surface area contributed by atoms with Crippen LogP contribution in [0.25, 0.3) is 0 Å². The lowest BCUT2D eigenvalue weighted by Gasteiger charge is -2.32. The van der Waals surface area contributed by atoms with Gasteiger partial charge in [-0.3, -0.25) is 24.1 Å². The van der Waals surface area contributed by atoms with Crippen molar-refractivity contribution in [2.45, 2.75) is 57.0 Å². The molecule has 5 rings (SSSR count). The molecule has 1 aliphatic carbocycles. The van der Waals surface area contributed by atoms with Crippen molar-refractivity contribution in [3.63, 3.8) is 0 Å². The van der Waals surface area contributed by atoms with Crippen LogP contribution in [0, 0.1) is 5.82 Å². The Morgan fingerprint density at radius 3 is 2.26 bits per heavy atom. The number of likely N-dealkylation sites (tertiary alicyclic amines) is 1. The molecule has 2 aromatic carbocycles. The predicted octanol–water partition coefficient (Wildman–Crippen LogP) is 3.79. The molecular weight excluding hydrogens is 449 g/mol. The molecule has 2 heterocycles. The van der Waals surface area contributed by atoms with Crippen LogP contribution in [-0.4, -0.2) is 58.6 Å². The standard InChI is InChI=1S/C27H28FN3O4/c28-23-9-5-4-8-21(23)25(33)30-14-12-18(13-15-30)29-24(32)17-10-11-20-22(16-17)27(35)31(26(20)34)19-6-2-1-3-7-19/h4-5,8-11,16,18-19H,1-3,6-7,12-15H2,(H,29,32). The summed E-state index contributed by atoms with van der Waals surface area (Å²) in [5, 5.41) is 2.98. The fourth-order valence-corrected chi connectivity index (χ4v) is 5.37. The highest BCUT2D eigenvalue weighted by Crippen LogP contribution is 2.31. The molecule has 0 bridgehead atoms. The number of nitrogens with zero attached hydrogens (tertiary/aromatic N) is 2. The van der Waals surface area contributed by atoms with Crippen molar-refractivity contribution in [3.8, 4) is 0 Å². The van der Waals surface area contributed by atoms with Crippen LogP contribution in [0.2, 0.25) is 0 Å². The second kappa shape index (κ2) is 9.60. The lowest BCUT2D eigenvalue weighted by Crippen LogP contribution is -2.46. The highest BCUT2D eigenvalue weighted by atomic mass is 19.1. The van der Waals surface area contributed by atoms with Gasteiger partial charge in [-0.05, 0) is 56.0 Å². The molecule has 3 aliphatic rings. The van der Waals surface area contributed by atoms with E-state index in [1.54, 1.807) is 29.2 Å². The Morgan fingerprint density at radius 1 is 0.857 bits per heavy atom. The van der Waals surface area contributed by atoms with Gasteiger partial charge in [0.1, 0.15) is 5.82 Å². The molecule has 2 aliphatic heterocycles. The number of carbonyl (C=O) groups is 4. The summed E-state index contributed by atoms with van der Waals surface area (Å²) < 4.78 is 14.0. The first kappa shape index (κ1) is 23.2. The number of benzene rings is 2. The number of nitrogens with one attached hydrogen (secondary N) is 1. The van der Waals surface area contributed by atoms with Crippen molar-refractivity contribution < 1.29 is 23.6 Å². The van der Waals surface area contributed by atoms with Crippen LogP contribution in [0.4, 0.5) is 4.39 Å². The molecule has 2 fully saturated rings. The van der Waals surface area contributed by atoms with Crippen molar-refractivity contribution in [3.05, 3.63) is 70.5 Å². The van der Waals surface area contributed by atoms with Crippen molar-refractivity contribution >= 4 is 23.6 Å². The molecule has 1 N–H and O–H groups in total. The topological polar surface area (TPSA) is 86.8 Å². The fraction of sp³-hybridized carbons (Fsp3) is 0.407. The molecule has 0 atom stereocenters. The summed E-state index contributed by atoms with van der Waals surface area (Å²) >= 11 is 0. The molecule has 2 aromatic rings. The Morgan fingerprint density at radius 2 is 1.54 bits per heavy atom. The number of piperidine rings is 1. The van der Waals surface area contributed by atoms with E-state index in [0.29, 0.717) is 42.6 Å². The minimum absolute atomic E-state index is 0.0506. The molecule has 0 radical (unpaired) electrons. The number of hydrogen-bond acceptors (Lipinski definition) is 4. The Bertz CT molecular complexity index is 1180. The van der Waals surface area contributed by atoms with Crippen molar-refractivity contribution in [2.24, 2.45) is 0 Å². The van der Waals surface area contributed by atoms with Gasteiger partial charge in [-0.15, -0.1) is 0 Å². The van der Waals surface area contributed by atoms with Gasteiger partial charge in [-0.2, -0.15) is 0 Å². The Kier molecular flexibility index (Phi) is 6.36. The average molecular weight is 478 g/mol. The zero-order chi connectivity index (χ0) is 24.5. The van der Waals surface area contributed by atoms with E-state index in [-0.39, 0.29) is 41.3 Å². The van der Waals surface area contributed by atoms with Gasteiger partial charge in [0.25, 0.3) is 23.6 Å². The van der Waals surface area contributed by atoms with Gasteiger partial charge in [0, 0.05) is 30.7 Å². The van der Waals surface area contributed by atoms with E-state index in [2.05, 4.69) is 5.32 Å². The first-order valence-corrected chi connectivity index (χ1v) is 12.3. The number of fused-ring (bicyclic) bond motifs is 1. The van der Waals surface area contributed by atoms with Gasteiger partial charge in [0.05, 0.1) is 16.7 Å². The Labute approximate surface area is 203 Å². The van der Waals surface area contributed by atoms with Crippen LogP contribution in [0.3, 0.4) is 0 Å². The van der Waals surface area contributed by atoms with Crippen LogP contribution in [-0.2, 0) is 0 Å². The summed E-state index contributed by atoms with van der Waals surface area (Å²) in [6, 6.07) is 10.4. The molecule has 4 amide bonds. The Hall–Kier alpha value is -3.55. The lowest BCUT2D eigenvalue weighted by molar-refractivity contribution is 0.0547. The minimum Gasteiger partial charge on any atom is -0.349 e. The molecule has 0 spiro atoms. The van der Waals surface area contributed by atoms with Crippen molar-refractivity contribution in [2.75, 3.05) is 13.1 Å². The van der Waals surface area contributed by atoms with Crippen LogP contribution in [0.5, 0.6) is 0 Å². The molecule has 7 nitrogen and oxygen atoms in total. The van der Waals surface area contributed by atoms with Crippen molar-refractivity contribution in [1.29, 1.82) is 0 Å². The average Bonchev–Trinajstić information content (AvgIpc) is 3.14. The maximum atomic E-state index is 14.0. The molecule has 0 unspecified atom stereocenters. The van der Waals surface area contributed by atoms with Crippen molar-refractivity contribution in [1.82, 2.24) is 15.1 Å². The normalized spacial score (nSPS) is 19.1. The number of hydrogen-bond donors (Lipinski definition) is 1. The lowest BCUT2D eigenvalue weighted by atomic mass is 9.94. The van der Waals surface area contributed by atoms with E-state index in [4.69, 9.17) is 0 Å². The molecule has 0 aromatic heterocycles. The number of imide groups is 1. The number of amides is 4. The third-order valence-corrected chi connectivity index (χ3v) is 7.34. The first-order chi connectivity index (χ1) is 16.9. The molecule has 1 saturated heterocycles. The van der Waals surface area contributed by atoms with E-state index >= 15 is 0 Å². The zero-order valence-electron chi connectivity index (χ0n) is 19.5. The second-order valence-electron chi connectivity index (χ2n) is 9.55. The van der Waals surface area contributed by atoms with Gasteiger partial charge >= 0.3 is 0 Å². The monoisotopic (exact) mass is 477 g/mol. The summed E-state index contributed by atoms with van der Waals surface area (Å²) in [6.07, 6.45) is 5.90. The zero-order valence-corrected chi connectivity index (χ0v) is 19.5. The summed E-state index contributed by atoms with van der Waals surface area (Å²) in [7, 11) is 0. The smallest absolute Gasteiger partial charge is 0.261 e. The fourth-order valence-electron chi connectivity index (χ4n) is 5.37. The van der Waals surface area contributed by atoms with Crippen LogP contribution >= 0.6 is 0 Å². The third-order valence-electron chi connectivity index (χ3n) is 7.34. The summed E-state index contributed by atoms with van der Waals surface area (Å²) in [6.45, 7) is 0.817. The summed E-state index contributed by atoms with van der Waals surface area (Å²) in [4.78, 5) is 54.4. The number of carbonyl (C=O) groups excluding carboxylic acids is 4. The van der Waals surface area contributed by atoms with Crippen LogP contribution < -0.4 is 5.32 Å². The van der Waals surface area contributed by atoms with Gasteiger partial charge in [-0.25, -0.2) is 4.39 Å². The van der Waals surface area contributed by atoms with E-state index in [9.17, 15) is 23.6 Å². The largest absolute Gasteiger partial charge is 0.349 e. The third kappa shape index (κ3) is 4.45. The molecule has 1 saturated carbocycles. The van der Waals surface area contributed by atoms with Crippen LogP contribution in [0.15, 0.2) is 42.5 Å². The number of rotatable bonds is 4. The van der Waals surface area contributed by atoms with Gasteiger partial charge in [0.15, 0.2) is 0 Å². The van der Waals surface area contributed by atoms with Gasteiger partial charge in [0.2, 0.25) is 0 Å². The van der Waals surface area contributed by atoms with E-state index in [1.165, 1.54) is 23.1 Å². The summed E-state index contributed by atoms with van der Waals surface area (Å²) in [5.41, 5.74) is 1.03. The van der Waals surface area contributed by atoms with E-state index < -0.39 is 5.82 Å². The Balaban J connectivity index is 1.21. The molecule has 8 heteroatoms. The highest BCUT2D eigenvalue weighted by molar-refractivity contribution is 6.22. The molecule has 35 heavy (non-hydrogen) atoms. The summed E-state index contributed by atoms with van der Waals surface area (Å²) in [5.74, 6) is -1.79. The van der Waals surface area contributed by atoms with E-state index in [1.807, 2.05) is 0 Å². The maximum absolute atomic E-state index is 14.0. The SMILES string of the molecule is O=C(NC1CCN(C(=O)c2ccccc2F)CC1)c1ccc2c(c1)C(=O)N(C1CCCCC1)C2=O. The van der Waals surface area contributed by atoms with Gasteiger partial charge in [-0.1, -0.05) is 31.4 Å². The highest BCUT2D eigenvalue weighted by Gasteiger charge is 2.40. The molecule has 182 valence electrons.